The van der Waals surface area contributed by atoms with Gasteiger partial charge in [0, 0.05) is 103 Å². The Bertz CT molecular complexity index is 2670. The SMILES string of the molecule is C=CCOc1c(C(=O)C2=CN3CCc4c([nH]c5ccc(OCC(=O)NCCCOCCOCCOCCCNC(=O)CCCC[C@@H]6SC[C@@H]7NC(=O)C[C@@H]76)cc45)C3(C)C(C)=C2)ccc(OCc2ccccc2)c1C. The number of ether oxygens (including phenoxy) is 6. The second-order valence-corrected chi connectivity index (χ2v) is 20.8. The summed E-state index contributed by atoms with van der Waals surface area (Å²) < 4.78 is 35.2. The Kier molecular flexibility index (Phi) is 19.4. The highest BCUT2D eigenvalue weighted by Gasteiger charge is 2.44. The Hall–Kier alpha value is -6.07. The van der Waals surface area contributed by atoms with E-state index in [1.807, 2.05) is 85.6 Å². The average Bonchev–Trinajstić information content (AvgIpc) is 4.10. The lowest BCUT2D eigenvalue weighted by molar-refractivity contribution is -0.123. The molecule has 3 amide bonds. The molecule has 2 fully saturated rings. The first kappa shape index (κ1) is 54.2. The third-order valence-electron chi connectivity index (χ3n) is 14.5. The van der Waals surface area contributed by atoms with Gasteiger partial charge in [0.2, 0.25) is 11.8 Å². The fourth-order valence-electron chi connectivity index (χ4n) is 10.3. The van der Waals surface area contributed by atoms with Crippen molar-refractivity contribution in [2.24, 2.45) is 5.92 Å². The molecular weight excluding hydrogens is 959 g/mol. The van der Waals surface area contributed by atoms with Crippen molar-refractivity contribution in [2.75, 3.05) is 78.2 Å². The van der Waals surface area contributed by atoms with Gasteiger partial charge in [-0.3, -0.25) is 19.2 Å². The van der Waals surface area contributed by atoms with Crippen LogP contribution in [0.25, 0.3) is 10.9 Å². The van der Waals surface area contributed by atoms with Crippen molar-refractivity contribution < 1.29 is 47.6 Å². The molecular formula is C58H73N5O10S. The maximum absolute atomic E-state index is 14.4. The summed E-state index contributed by atoms with van der Waals surface area (Å²) in [6.07, 6.45) is 11.9. The fraction of sp³-hybridized carbons (Fsp3) is 0.483. The molecule has 0 aliphatic carbocycles. The van der Waals surface area contributed by atoms with Crippen LogP contribution in [0.4, 0.5) is 0 Å². The van der Waals surface area contributed by atoms with Crippen LogP contribution in [-0.2, 0) is 47.2 Å². The van der Waals surface area contributed by atoms with Crippen LogP contribution in [0.1, 0.15) is 91.5 Å². The number of fused-ring (bicyclic) bond motifs is 6. The fourth-order valence-corrected chi connectivity index (χ4v) is 12.0. The number of allylic oxidation sites excluding steroid dienone is 2. The number of Topliss-reactive ketones (excluding diaryl/α,β-unsaturated/α-hetero) is 1. The monoisotopic (exact) mass is 1030 g/mol. The number of hydrogen-bond donors (Lipinski definition) is 4. The summed E-state index contributed by atoms with van der Waals surface area (Å²) in [7, 11) is 0. The number of aromatic amines is 1. The van der Waals surface area contributed by atoms with Gasteiger partial charge in [0.25, 0.3) is 5.91 Å². The van der Waals surface area contributed by atoms with E-state index in [1.165, 1.54) is 5.56 Å². The van der Waals surface area contributed by atoms with E-state index >= 15 is 0 Å². The second kappa shape index (κ2) is 26.4. The van der Waals surface area contributed by atoms with Crippen molar-refractivity contribution in [1.29, 1.82) is 0 Å². The third-order valence-corrected chi connectivity index (χ3v) is 16.1. The third kappa shape index (κ3) is 13.6. The highest BCUT2D eigenvalue weighted by molar-refractivity contribution is 8.00. The van der Waals surface area contributed by atoms with E-state index in [1.54, 1.807) is 12.1 Å². The van der Waals surface area contributed by atoms with Crippen LogP contribution in [0, 0.1) is 12.8 Å². The standard InChI is InChI=1S/C58H73N5O10S/c1-5-25-71-56-40(3)50(73-36-41-13-7-6-8-14-41)20-18-45(56)55(67)42-32-39(2)58(4)57-44(21-24-63(58)35-42)46-33-43(17-19-48(46)62-57)72-37-54(66)60-23-12-27-69-29-31-70-30-28-68-26-11-22-59-52(64)16-10-9-15-51-47-34-53(65)61-49(47)38-74-51/h5-8,13-14,17-20,32-33,35,47,49,51,62H,1,9-12,15-16,21-31,34,36-38H2,2-4H3,(H,59,64)(H,60,66)(H,61,65)/t47-,49-,51-,58?/m0/s1. The van der Waals surface area contributed by atoms with Gasteiger partial charge in [0.05, 0.1) is 37.5 Å². The lowest BCUT2D eigenvalue weighted by Gasteiger charge is -2.47. The van der Waals surface area contributed by atoms with E-state index < -0.39 is 5.54 Å². The predicted octanol–water partition coefficient (Wildman–Crippen LogP) is 8.04. The van der Waals surface area contributed by atoms with Crippen molar-refractivity contribution >= 4 is 46.2 Å². The minimum atomic E-state index is -0.515. The van der Waals surface area contributed by atoms with E-state index in [0.29, 0.717) is 131 Å². The summed E-state index contributed by atoms with van der Waals surface area (Å²) in [6.45, 7) is 15.2. The maximum Gasteiger partial charge on any atom is 0.257 e. The molecule has 5 heterocycles. The summed E-state index contributed by atoms with van der Waals surface area (Å²) in [5.41, 5.74) is 6.61. The van der Waals surface area contributed by atoms with E-state index in [0.717, 1.165) is 71.2 Å². The minimum absolute atomic E-state index is 0.0811. The van der Waals surface area contributed by atoms with Crippen LogP contribution < -0.4 is 30.2 Å². The van der Waals surface area contributed by atoms with E-state index in [2.05, 4.69) is 46.3 Å². The Morgan fingerprint density at radius 2 is 1.62 bits per heavy atom. The maximum atomic E-state index is 14.4. The number of ketones is 1. The molecule has 0 spiro atoms. The van der Waals surface area contributed by atoms with Gasteiger partial charge in [-0.25, -0.2) is 0 Å². The molecule has 4 aliphatic heterocycles. The first-order valence-electron chi connectivity index (χ1n) is 26.2. The number of hydrogen-bond acceptors (Lipinski definition) is 12. The molecule has 8 rings (SSSR count). The molecule has 4 atom stereocenters. The molecule has 0 saturated carbocycles. The quantitative estimate of drug-likeness (QED) is 0.0225. The molecule has 396 valence electrons. The van der Waals surface area contributed by atoms with Gasteiger partial charge in [-0.15, -0.1) is 0 Å². The number of aromatic nitrogens is 1. The number of carbonyl (C=O) groups is 4. The molecule has 74 heavy (non-hydrogen) atoms. The van der Waals surface area contributed by atoms with Crippen molar-refractivity contribution in [2.45, 2.75) is 95.6 Å². The van der Waals surface area contributed by atoms with Crippen LogP contribution in [0.15, 0.2) is 96.7 Å². The summed E-state index contributed by atoms with van der Waals surface area (Å²) >= 11 is 1.96. The summed E-state index contributed by atoms with van der Waals surface area (Å²) in [4.78, 5) is 56.9. The number of amides is 3. The van der Waals surface area contributed by atoms with Gasteiger partial charge in [0.1, 0.15) is 30.5 Å². The predicted molar refractivity (Wildman–Crippen MR) is 288 cm³/mol. The average molecular weight is 1030 g/mol. The molecule has 4 N–H and O–H groups in total. The highest BCUT2D eigenvalue weighted by Crippen LogP contribution is 2.47. The van der Waals surface area contributed by atoms with Gasteiger partial charge in [-0.2, -0.15) is 11.8 Å². The second-order valence-electron chi connectivity index (χ2n) is 19.6. The molecule has 2 saturated heterocycles. The number of nitrogens with zero attached hydrogens (tertiary/aromatic N) is 1. The smallest absolute Gasteiger partial charge is 0.257 e. The topological polar surface area (TPSA) is 179 Å². The van der Waals surface area contributed by atoms with Gasteiger partial charge < -0.3 is 54.3 Å². The number of rotatable bonds is 30. The van der Waals surface area contributed by atoms with Crippen molar-refractivity contribution in [3.8, 4) is 17.2 Å². The minimum Gasteiger partial charge on any atom is -0.488 e. The molecule has 0 radical (unpaired) electrons. The molecule has 1 unspecified atom stereocenters. The largest absolute Gasteiger partial charge is 0.488 e. The molecule has 3 aromatic carbocycles. The Morgan fingerprint density at radius 1 is 0.878 bits per heavy atom. The van der Waals surface area contributed by atoms with Crippen molar-refractivity contribution in [3.05, 3.63) is 125 Å². The van der Waals surface area contributed by atoms with Crippen molar-refractivity contribution in [3.63, 3.8) is 0 Å². The summed E-state index contributed by atoms with van der Waals surface area (Å²) in [5, 5.41) is 10.5. The molecule has 0 bridgehead atoms. The number of carbonyl (C=O) groups excluding carboxylic acids is 4. The zero-order valence-corrected chi connectivity index (χ0v) is 44.0. The van der Waals surface area contributed by atoms with Crippen LogP contribution in [0.2, 0.25) is 0 Å². The van der Waals surface area contributed by atoms with E-state index in [4.69, 9.17) is 28.4 Å². The van der Waals surface area contributed by atoms with Crippen LogP contribution >= 0.6 is 11.8 Å². The molecule has 1 aromatic heterocycles. The first-order valence-corrected chi connectivity index (χ1v) is 27.3. The number of H-pyrrole nitrogens is 1. The van der Waals surface area contributed by atoms with Gasteiger partial charge in [-0.1, -0.05) is 49.4 Å². The number of benzene rings is 3. The lowest BCUT2D eigenvalue weighted by atomic mass is 9.78. The Balaban J connectivity index is 0.690. The summed E-state index contributed by atoms with van der Waals surface area (Å²) in [6, 6.07) is 19.8. The highest BCUT2D eigenvalue weighted by atomic mass is 32.2. The molecule has 4 aromatic rings. The number of thioether (sulfide) groups is 1. The van der Waals surface area contributed by atoms with E-state index in [-0.39, 0.29) is 36.7 Å². The Labute approximate surface area is 439 Å². The van der Waals surface area contributed by atoms with Crippen LogP contribution in [0.5, 0.6) is 17.2 Å². The molecule has 16 heteroatoms. The lowest BCUT2D eigenvalue weighted by Crippen LogP contribution is -2.48. The number of nitrogens with one attached hydrogen (secondary N) is 4. The zero-order chi connectivity index (χ0) is 51.9. The normalized spacial score (nSPS) is 19.7. The van der Waals surface area contributed by atoms with Crippen LogP contribution in [-0.4, -0.2) is 123 Å². The van der Waals surface area contributed by atoms with E-state index in [9.17, 15) is 19.2 Å². The zero-order valence-electron chi connectivity index (χ0n) is 43.2. The van der Waals surface area contributed by atoms with Gasteiger partial charge in [-0.05, 0) is 106 Å². The number of unbranched alkanes of at least 4 members (excludes halogenated alkanes) is 1. The van der Waals surface area contributed by atoms with Crippen LogP contribution in [0.3, 0.4) is 0 Å². The van der Waals surface area contributed by atoms with Gasteiger partial charge >= 0.3 is 0 Å². The molecule has 15 nitrogen and oxygen atoms in total. The summed E-state index contributed by atoms with van der Waals surface area (Å²) in [5.74, 6) is 3.16. The Morgan fingerprint density at radius 3 is 2.38 bits per heavy atom. The van der Waals surface area contributed by atoms with Gasteiger partial charge in [0.15, 0.2) is 12.4 Å². The first-order chi connectivity index (χ1) is 36.0. The van der Waals surface area contributed by atoms with Crippen molar-refractivity contribution in [1.82, 2.24) is 25.8 Å². The molecule has 4 aliphatic rings.